The van der Waals surface area contributed by atoms with Crippen molar-refractivity contribution >= 4 is 43.8 Å². The number of aryl methyl sites for hydroxylation is 1. The van der Waals surface area contributed by atoms with Crippen LogP contribution in [-0.2, 0) is 9.84 Å². The highest BCUT2D eigenvalue weighted by atomic mass is 32.2. The minimum Gasteiger partial charge on any atom is -0.307 e. The van der Waals surface area contributed by atoms with Crippen molar-refractivity contribution in [2.45, 2.75) is 19.4 Å². The van der Waals surface area contributed by atoms with Crippen molar-refractivity contribution < 1.29 is 13.2 Å². The number of hydrogen-bond acceptors (Lipinski definition) is 6. The number of benzene rings is 1. The molecule has 0 saturated carbocycles. The maximum absolute atomic E-state index is 13.4. The van der Waals surface area contributed by atoms with E-state index in [0.29, 0.717) is 17.8 Å². The van der Waals surface area contributed by atoms with Crippen LogP contribution in [0.4, 0.5) is 5.82 Å². The molecule has 1 aliphatic rings. The second-order valence-electron chi connectivity index (χ2n) is 7.68. The number of rotatable bonds is 4. The molecule has 1 aliphatic heterocycles. The molecule has 7 nitrogen and oxygen atoms in total. The molecule has 0 aliphatic carbocycles. The van der Waals surface area contributed by atoms with E-state index in [1.165, 1.54) is 0 Å². The Morgan fingerprint density at radius 1 is 1.19 bits per heavy atom. The summed E-state index contributed by atoms with van der Waals surface area (Å²) in [4.78, 5) is 19.1. The van der Waals surface area contributed by atoms with Crippen molar-refractivity contribution in [1.29, 1.82) is 0 Å². The van der Waals surface area contributed by atoms with Gasteiger partial charge >= 0.3 is 0 Å². The van der Waals surface area contributed by atoms with Crippen LogP contribution >= 0.6 is 11.3 Å². The van der Waals surface area contributed by atoms with Crippen LogP contribution < -0.4 is 5.32 Å². The average molecular weight is 453 g/mol. The number of nitrogens with one attached hydrogen (secondary N) is 1. The molecule has 1 atom stereocenters. The summed E-state index contributed by atoms with van der Waals surface area (Å²) in [5, 5.41) is 10.1. The summed E-state index contributed by atoms with van der Waals surface area (Å²) in [6, 6.07) is 14.8. The van der Waals surface area contributed by atoms with Crippen molar-refractivity contribution in [3.63, 3.8) is 0 Å². The Balaban J connectivity index is 1.53. The molecular weight excluding hydrogens is 432 g/mol. The van der Waals surface area contributed by atoms with E-state index in [1.807, 2.05) is 48.7 Å². The van der Waals surface area contributed by atoms with Gasteiger partial charge in [-0.1, -0.05) is 24.3 Å². The van der Waals surface area contributed by atoms with Gasteiger partial charge in [-0.25, -0.2) is 18.1 Å². The zero-order valence-corrected chi connectivity index (χ0v) is 18.4. The maximum atomic E-state index is 13.4. The van der Waals surface area contributed by atoms with Crippen molar-refractivity contribution in [2.75, 3.05) is 16.8 Å². The molecule has 31 heavy (non-hydrogen) atoms. The van der Waals surface area contributed by atoms with Crippen LogP contribution in [0.2, 0.25) is 0 Å². The van der Waals surface area contributed by atoms with E-state index in [2.05, 4.69) is 10.4 Å². The van der Waals surface area contributed by atoms with Gasteiger partial charge in [0.15, 0.2) is 9.84 Å². The van der Waals surface area contributed by atoms with Gasteiger partial charge in [-0.15, -0.1) is 11.3 Å². The zero-order chi connectivity index (χ0) is 21.6. The molecule has 1 aromatic carbocycles. The minimum atomic E-state index is -3.07. The Bertz CT molecular complexity index is 1390. The van der Waals surface area contributed by atoms with Crippen molar-refractivity contribution in [1.82, 2.24) is 14.8 Å². The highest BCUT2D eigenvalue weighted by molar-refractivity contribution is 7.91. The monoisotopic (exact) mass is 452 g/mol. The highest BCUT2D eigenvalue weighted by Crippen LogP contribution is 2.30. The summed E-state index contributed by atoms with van der Waals surface area (Å²) >= 11 is 1.57. The normalized spacial score (nSPS) is 17.8. The fraction of sp³-hybridized carbons (Fsp3) is 0.227. The number of sulfone groups is 1. The number of para-hydroxylation sites is 1. The number of amides is 1. The van der Waals surface area contributed by atoms with Gasteiger partial charge in [0.1, 0.15) is 5.82 Å². The predicted molar refractivity (Wildman–Crippen MR) is 122 cm³/mol. The summed E-state index contributed by atoms with van der Waals surface area (Å²) in [5.41, 5.74) is 2.72. The van der Waals surface area contributed by atoms with Crippen LogP contribution in [0.3, 0.4) is 0 Å². The number of thiophene rings is 1. The van der Waals surface area contributed by atoms with Gasteiger partial charge in [-0.2, -0.15) is 5.10 Å². The highest BCUT2D eigenvalue weighted by Gasteiger charge is 2.31. The van der Waals surface area contributed by atoms with E-state index in [9.17, 15) is 13.2 Å². The van der Waals surface area contributed by atoms with Crippen molar-refractivity contribution in [3.8, 4) is 10.6 Å². The van der Waals surface area contributed by atoms with Gasteiger partial charge in [0.2, 0.25) is 0 Å². The minimum absolute atomic E-state index is 0.0394. The molecule has 1 N–H and O–H groups in total. The smallest absolute Gasteiger partial charge is 0.257 e. The lowest BCUT2D eigenvalue weighted by Gasteiger charge is -2.15. The fourth-order valence-corrected chi connectivity index (χ4v) is 6.33. The molecule has 158 valence electrons. The summed E-state index contributed by atoms with van der Waals surface area (Å²) in [5.74, 6) is 0.405. The van der Waals surface area contributed by atoms with Gasteiger partial charge in [0, 0.05) is 11.5 Å². The number of hydrogen-bond donors (Lipinski definition) is 1. The van der Waals surface area contributed by atoms with Crippen LogP contribution in [0.1, 0.15) is 28.5 Å². The molecule has 1 saturated heterocycles. The average Bonchev–Trinajstić information content (AvgIpc) is 3.47. The first kappa shape index (κ1) is 19.9. The van der Waals surface area contributed by atoms with Gasteiger partial charge in [0.25, 0.3) is 5.91 Å². The zero-order valence-electron chi connectivity index (χ0n) is 16.8. The number of nitrogens with zero attached hydrogens (tertiary/aromatic N) is 3. The van der Waals surface area contributed by atoms with Crippen LogP contribution in [0.15, 0.2) is 53.9 Å². The molecule has 4 heterocycles. The molecule has 0 bridgehead atoms. The second kappa shape index (κ2) is 7.58. The van der Waals surface area contributed by atoms with Gasteiger partial charge in [0.05, 0.1) is 44.9 Å². The van der Waals surface area contributed by atoms with Gasteiger partial charge in [-0.05, 0) is 36.9 Å². The number of anilines is 1. The first-order valence-electron chi connectivity index (χ1n) is 9.91. The number of fused-ring (bicyclic) bond motifs is 1. The van der Waals surface area contributed by atoms with E-state index >= 15 is 0 Å². The molecule has 9 heteroatoms. The van der Waals surface area contributed by atoms with E-state index in [1.54, 1.807) is 28.2 Å². The Hall–Kier alpha value is -3.04. The molecule has 3 aromatic heterocycles. The standard InChI is InChI=1S/C22H20N4O3S2/c1-14-11-21(26(25-14)15-8-10-31(28,29)13-15)24-22(27)17-12-19(20-7-4-9-30-20)23-18-6-3-2-5-16(17)18/h2-7,9,11-12,15H,8,10,13H2,1H3,(H,24,27). The lowest BCUT2D eigenvalue weighted by atomic mass is 10.1. The molecule has 1 fully saturated rings. The van der Waals surface area contributed by atoms with Crippen LogP contribution in [-0.4, -0.2) is 40.6 Å². The molecule has 0 spiro atoms. The van der Waals surface area contributed by atoms with E-state index in [0.717, 1.165) is 27.2 Å². The van der Waals surface area contributed by atoms with Gasteiger partial charge in [-0.3, -0.25) is 4.79 Å². The van der Waals surface area contributed by atoms with Crippen molar-refractivity contribution in [2.24, 2.45) is 0 Å². The first-order chi connectivity index (χ1) is 14.9. The molecule has 1 amide bonds. The van der Waals surface area contributed by atoms with Gasteiger partial charge < -0.3 is 5.32 Å². The summed E-state index contributed by atoms with van der Waals surface area (Å²) < 4.78 is 25.5. The molecule has 0 radical (unpaired) electrons. The summed E-state index contributed by atoms with van der Waals surface area (Å²) in [6.07, 6.45) is 0.493. The number of carbonyl (C=O) groups excluding carboxylic acids is 1. The topological polar surface area (TPSA) is 94.0 Å². The quantitative estimate of drug-likeness (QED) is 0.504. The number of aromatic nitrogens is 3. The number of pyridine rings is 1. The molecule has 1 unspecified atom stereocenters. The van der Waals surface area contributed by atoms with E-state index in [4.69, 9.17) is 4.98 Å². The Labute approximate surface area is 183 Å². The first-order valence-corrected chi connectivity index (χ1v) is 12.6. The van der Waals surface area contributed by atoms with Crippen LogP contribution in [0.25, 0.3) is 21.5 Å². The summed E-state index contributed by atoms with van der Waals surface area (Å²) in [6.45, 7) is 1.83. The SMILES string of the molecule is Cc1cc(NC(=O)c2cc(-c3cccs3)nc3ccccc23)n(C2CCS(=O)(=O)C2)n1. The number of carbonyl (C=O) groups is 1. The summed E-state index contributed by atoms with van der Waals surface area (Å²) in [7, 11) is -3.07. The third-order valence-electron chi connectivity index (χ3n) is 5.39. The molecule has 4 aromatic rings. The lowest BCUT2D eigenvalue weighted by Crippen LogP contribution is -2.20. The van der Waals surface area contributed by atoms with E-state index < -0.39 is 9.84 Å². The third-order valence-corrected chi connectivity index (χ3v) is 8.03. The maximum Gasteiger partial charge on any atom is 0.257 e. The second-order valence-corrected chi connectivity index (χ2v) is 10.9. The molecule has 5 rings (SSSR count). The Morgan fingerprint density at radius 3 is 2.77 bits per heavy atom. The lowest BCUT2D eigenvalue weighted by molar-refractivity contribution is 0.102. The van der Waals surface area contributed by atoms with Crippen LogP contribution in [0, 0.1) is 6.92 Å². The largest absolute Gasteiger partial charge is 0.307 e. The van der Waals surface area contributed by atoms with Crippen LogP contribution in [0.5, 0.6) is 0 Å². The Morgan fingerprint density at radius 2 is 2.03 bits per heavy atom. The molecular formula is C22H20N4O3S2. The fourth-order valence-electron chi connectivity index (χ4n) is 3.95. The predicted octanol–water partition coefficient (Wildman–Crippen LogP) is 4.08. The third kappa shape index (κ3) is 3.86. The van der Waals surface area contributed by atoms with E-state index in [-0.39, 0.29) is 23.5 Å². The van der Waals surface area contributed by atoms with Crippen molar-refractivity contribution in [3.05, 3.63) is 65.2 Å². The Kier molecular flexibility index (Phi) is 4.86.